The summed E-state index contributed by atoms with van der Waals surface area (Å²) < 4.78 is 27.9. The summed E-state index contributed by atoms with van der Waals surface area (Å²) >= 11 is 11.8. The van der Waals surface area contributed by atoms with Crippen molar-refractivity contribution in [1.82, 2.24) is 20.2 Å². The van der Waals surface area contributed by atoms with Gasteiger partial charge in [-0.15, -0.1) is 10.2 Å². The Labute approximate surface area is 124 Å². The first-order valence-electron chi connectivity index (χ1n) is 5.15. The summed E-state index contributed by atoms with van der Waals surface area (Å²) in [5.41, 5.74) is 0. The Morgan fingerprint density at radius 2 is 2.05 bits per heavy atom. The maximum absolute atomic E-state index is 11.3. The standard InChI is InChI=1S/C9H9Cl2N5O3S/c1-16-14-7(13-15-16)4-19-5-2-3-6(20(12,17)18)9(11)8(5)10/h2-3H,4H2,1H3,(H2,12,17,18). The van der Waals surface area contributed by atoms with E-state index in [2.05, 4.69) is 15.4 Å². The lowest BCUT2D eigenvalue weighted by Gasteiger charge is -2.09. The zero-order valence-corrected chi connectivity index (χ0v) is 12.4. The molecule has 8 nitrogen and oxygen atoms in total. The van der Waals surface area contributed by atoms with E-state index in [4.69, 9.17) is 33.1 Å². The first-order chi connectivity index (χ1) is 9.29. The summed E-state index contributed by atoms with van der Waals surface area (Å²) in [7, 11) is -2.33. The van der Waals surface area contributed by atoms with E-state index in [1.54, 1.807) is 7.05 Å². The molecule has 0 amide bonds. The normalized spacial score (nSPS) is 11.6. The van der Waals surface area contributed by atoms with Gasteiger partial charge in [-0.3, -0.25) is 0 Å². The van der Waals surface area contributed by atoms with E-state index < -0.39 is 10.0 Å². The molecule has 0 unspecified atom stereocenters. The second-order valence-electron chi connectivity index (χ2n) is 3.72. The number of halogens is 2. The molecule has 0 aliphatic rings. The number of aryl methyl sites for hydroxylation is 1. The van der Waals surface area contributed by atoms with Crippen molar-refractivity contribution < 1.29 is 13.2 Å². The second-order valence-corrected chi connectivity index (χ2v) is 6.00. The van der Waals surface area contributed by atoms with E-state index in [-0.39, 0.29) is 27.3 Å². The van der Waals surface area contributed by atoms with Gasteiger partial charge in [0, 0.05) is 0 Å². The van der Waals surface area contributed by atoms with Gasteiger partial charge >= 0.3 is 0 Å². The number of primary sulfonamides is 1. The van der Waals surface area contributed by atoms with Crippen molar-refractivity contribution in [3.8, 4) is 5.75 Å². The predicted octanol–water partition coefficient (Wildman–Crippen LogP) is 0.743. The van der Waals surface area contributed by atoms with Gasteiger partial charge in [-0.2, -0.15) is 4.80 Å². The minimum Gasteiger partial charge on any atom is -0.484 e. The van der Waals surface area contributed by atoms with Crippen molar-refractivity contribution >= 4 is 33.2 Å². The molecule has 1 aromatic heterocycles. The van der Waals surface area contributed by atoms with Crippen LogP contribution in [0.2, 0.25) is 10.0 Å². The Kier molecular flexibility index (Phi) is 4.14. The molecule has 0 saturated heterocycles. The van der Waals surface area contributed by atoms with Gasteiger partial charge in [0.1, 0.15) is 15.7 Å². The monoisotopic (exact) mass is 337 g/mol. The Balaban J connectivity index is 2.24. The molecule has 2 rings (SSSR count). The maximum Gasteiger partial charge on any atom is 0.239 e. The van der Waals surface area contributed by atoms with Crippen LogP contribution in [0.4, 0.5) is 0 Å². The van der Waals surface area contributed by atoms with Gasteiger partial charge in [0.2, 0.25) is 15.8 Å². The number of hydrogen-bond donors (Lipinski definition) is 1. The smallest absolute Gasteiger partial charge is 0.239 e. The highest BCUT2D eigenvalue weighted by Gasteiger charge is 2.18. The summed E-state index contributed by atoms with van der Waals surface area (Å²) in [4.78, 5) is 1.01. The van der Waals surface area contributed by atoms with Gasteiger partial charge in [0.15, 0.2) is 6.61 Å². The molecule has 0 atom stereocenters. The average Bonchev–Trinajstić information content (AvgIpc) is 2.75. The minimum atomic E-state index is -3.95. The lowest BCUT2D eigenvalue weighted by atomic mass is 10.3. The number of nitrogens with zero attached hydrogens (tertiary/aromatic N) is 4. The van der Waals surface area contributed by atoms with Gasteiger partial charge < -0.3 is 4.74 Å². The maximum atomic E-state index is 11.3. The Bertz CT molecular complexity index is 746. The van der Waals surface area contributed by atoms with Crippen molar-refractivity contribution in [1.29, 1.82) is 0 Å². The van der Waals surface area contributed by atoms with Crippen molar-refractivity contribution in [2.75, 3.05) is 0 Å². The lowest BCUT2D eigenvalue weighted by molar-refractivity contribution is 0.295. The van der Waals surface area contributed by atoms with Gasteiger partial charge in [0.05, 0.1) is 12.1 Å². The van der Waals surface area contributed by atoms with E-state index in [1.807, 2.05) is 0 Å². The molecule has 1 aromatic carbocycles. The summed E-state index contributed by atoms with van der Waals surface area (Å²) in [5, 5.41) is 16.0. The zero-order chi connectivity index (χ0) is 14.9. The lowest BCUT2D eigenvalue weighted by Crippen LogP contribution is -2.13. The summed E-state index contributed by atoms with van der Waals surface area (Å²) in [6, 6.07) is 2.56. The third-order valence-electron chi connectivity index (χ3n) is 2.22. The van der Waals surface area contributed by atoms with Crippen LogP contribution < -0.4 is 9.88 Å². The van der Waals surface area contributed by atoms with Crippen molar-refractivity contribution in [2.24, 2.45) is 12.2 Å². The fourth-order valence-corrected chi connectivity index (χ4v) is 2.73. The molecule has 0 radical (unpaired) electrons. The summed E-state index contributed by atoms with van der Waals surface area (Å²) in [5.74, 6) is 0.534. The number of aromatic nitrogens is 4. The molecule has 0 spiro atoms. The van der Waals surface area contributed by atoms with E-state index in [9.17, 15) is 8.42 Å². The molecule has 2 aromatic rings. The zero-order valence-electron chi connectivity index (χ0n) is 10.1. The molecule has 2 N–H and O–H groups in total. The van der Waals surface area contributed by atoms with Crippen LogP contribution in [0, 0.1) is 0 Å². The van der Waals surface area contributed by atoms with Crippen molar-refractivity contribution in [3.63, 3.8) is 0 Å². The first kappa shape index (κ1) is 15.0. The van der Waals surface area contributed by atoms with Gasteiger partial charge in [-0.1, -0.05) is 23.2 Å². The number of sulfonamides is 1. The number of nitrogens with two attached hydrogens (primary N) is 1. The molecule has 0 saturated carbocycles. The molecule has 11 heteroatoms. The molecule has 20 heavy (non-hydrogen) atoms. The fraction of sp³-hybridized carbons (Fsp3) is 0.222. The van der Waals surface area contributed by atoms with Crippen LogP contribution in [0.1, 0.15) is 5.82 Å². The summed E-state index contributed by atoms with van der Waals surface area (Å²) in [6.07, 6.45) is 0. The van der Waals surface area contributed by atoms with E-state index in [1.165, 1.54) is 16.9 Å². The van der Waals surface area contributed by atoms with Crippen LogP contribution in [-0.2, 0) is 23.7 Å². The highest BCUT2D eigenvalue weighted by Crippen LogP contribution is 2.36. The van der Waals surface area contributed by atoms with Crippen molar-refractivity contribution in [3.05, 3.63) is 28.0 Å². The average molecular weight is 338 g/mol. The van der Waals surface area contributed by atoms with Gasteiger partial charge in [0.25, 0.3) is 0 Å². The predicted molar refractivity (Wildman–Crippen MR) is 71.0 cm³/mol. The van der Waals surface area contributed by atoms with Gasteiger partial charge in [-0.25, -0.2) is 13.6 Å². The number of rotatable bonds is 4. The third kappa shape index (κ3) is 3.18. The Hall–Kier alpha value is -1.42. The number of ether oxygens (including phenoxy) is 1. The second kappa shape index (κ2) is 5.52. The van der Waals surface area contributed by atoms with Crippen LogP contribution in [0.15, 0.2) is 17.0 Å². The van der Waals surface area contributed by atoms with Crippen molar-refractivity contribution in [2.45, 2.75) is 11.5 Å². The molecule has 0 aliphatic heterocycles. The van der Waals surface area contributed by atoms with E-state index >= 15 is 0 Å². The van der Waals surface area contributed by atoms with E-state index in [0.717, 1.165) is 0 Å². The molecular formula is C9H9Cl2N5O3S. The largest absolute Gasteiger partial charge is 0.484 e. The Morgan fingerprint density at radius 3 is 2.60 bits per heavy atom. The van der Waals surface area contributed by atoms with Crippen LogP contribution >= 0.6 is 23.2 Å². The molecular weight excluding hydrogens is 329 g/mol. The van der Waals surface area contributed by atoms with Crippen LogP contribution in [-0.4, -0.2) is 28.6 Å². The first-order valence-corrected chi connectivity index (χ1v) is 7.45. The quantitative estimate of drug-likeness (QED) is 0.880. The molecule has 0 aliphatic carbocycles. The van der Waals surface area contributed by atoms with E-state index in [0.29, 0.717) is 5.82 Å². The Morgan fingerprint density at radius 1 is 1.35 bits per heavy atom. The van der Waals surface area contributed by atoms with Gasteiger partial charge in [-0.05, 0) is 17.3 Å². The molecule has 0 bridgehead atoms. The third-order valence-corrected chi connectivity index (χ3v) is 4.15. The van der Waals surface area contributed by atoms with Crippen LogP contribution in [0.5, 0.6) is 5.75 Å². The van der Waals surface area contributed by atoms with Crippen LogP contribution in [0.25, 0.3) is 0 Å². The summed E-state index contributed by atoms with van der Waals surface area (Å²) in [6.45, 7) is 0.0125. The topological polar surface area (TPSA) is 113 Å². The SMILES string of the molecule is Cn1nnc(COc2ccc(S(N)(=O)=O)c(Cl)c2Cl)n1. The number of hydrogen-bond acceptors (Lipinski definition) is 6. The molecule has 108 valence electrons. The minimum absolute atomic E-state index is 0.0125. The molecule has 0 fully saturated rings. The number of benzene rings is 1. The fourth-order valence-electron chi connectivity index (χ4n) is 1.37. The highest BCUT2D eigenvalue weighted by atomic mass is 35.5. The number of tetrazole rings is 1. The highest BCUT2D eigenvalue weighted by molar-refractivity contribution is 7.89. The van der Waals surface area contributed by atoms with Crippen LogP contribution in [0.3, 0.4) is 0 Å². The molecule has 1 heterocycles.